The fraction of sp³-hybridized carbons (Fsp3) is 0.125. The third-order valence-electron chi connectivity index (χ3n) is 3.08. The summed E-state index contributed by atoms with van der Waals surface area (Å²) >= 11 is 5.01. The number of anilines is 1. The number of hydrogen-bond acceptors (Lipinski definition) is 7. The van der Waals surface area contributed by atoms with Crippen LogP contribution < -0.4 is 10.9 Å². The number of pyridine rings is 1. The van der Waals surface area contributed by atoms with Crippen LogP contribution in [0, 0.1) is 0 Å². The molecule has 0 saturated carbocycles. The molecule has 128 valence electrons. The second-order valence-corrected chi connectivity index (χ2v) is 6.97. The molecular weight excluding hydrogens is 406 g/mol. The number of rotatable bonds is 7. The highest BCUT2D eigenvalue weighted by atomic mass is 79.9. The number of benzene rings is 1. The van der Waals surface area contributed by atoms with Crippen LogP contribution in [0.5, 0.6) is 0 Å². The van der Waals surface area contributed by atoms with E-state index >= 15 is 0 Å². The predicted molar refractivity (Wildman–Crippen MR) is 98.8 cm³/mol. The molecule has 0 fully saturated rings. The van der Waals surface area contributed by atoms with Crippen LogP contribution in [0.15, 0.2) is 62.7 Å². The molecule has 3 rings (SSSR count). The molecule has 7 nitrogen and oxygen atoms in total. The van der Waals surface area contributed by atoms with Gasteiger partial charge in [0.15, 0.2) is 0 Å². The van der Waals surface area contributed by atoms with Crippen molar-refractivity contribution in [1.82, 2.24) is 20.6 Å². The van der Waals surface area contributed by atoms with Gasteiger partial charge in [-0.25, -0.2) is 5.43 Å². The van der Waals surface area contributed by atoms with Gasteiger partial charge in [-0.1, -0.05) is 21.1 Å². The van der Waals surface area contributed by atoms with Crippen molar-refractivity contribution in [2.45, 2.75) is 11.3 Å². The van der Waals surface area contributed by atoms with Crippen LogP contribution in [-0.4, -0.2) is 26.8 Å². The van der Waals surface area contributed by atoms with Gasteiger partial charge in [-0.3, -0.25) is 15.2 Å². The SMILES string of the molecule is O=C(CCSc1ccc(Br)cc1)NNc1nc(-c2ccncc2)no1. The van der Waals surface area contributed by atoms with Crippen molar-refractivity contribution < 1.29 is 9.32 Å². The molecule has 0 spiro atoms. The molecule has 0 saturated heterocycles. The maximum atomic E-state index is 11.8. The van der Waals surface area contributed by atoms with Crippen molar-refractivity contribution in [2.75, 3.05) is 11.2 Å². The first-order valence-electron chi connectivity index (χ1n) is 7.38. The number of nitrogens with one attached hydrogen (secondary N) is 2. The van der Waals surface area contributed by atoms with Crippen LogP contribution in [0.4, 0.5) is 6.01 Å². The Kier molecular flexibility index (Phi) is 6.02. The average Bonchev–Trinajstić information content (AvgIpc) is 3.11. The van der Waals surface area contributed by atoms with Crippen molar-refractivity contribution in [3.63, 3.8) is 0 Å². The number of nitrogens with zero attached hydrogens (tertiary/aromatic N) is 3. The van der Waals surface area contributed by atoms with E-state index in [1.807, 2.05) is 24.3 Å². The van der Waals surface area contributed by atoms with E-state index in [1.165, 1.54) is 0 Å². The van der Waals surface area contributed by atoms with Crippen LogP contribution in [0.1, 0.15) is 6.42 Å². The molecule has 0 unspecified atom stereocenters. The number of carbonyl (C=O) groups excluding carboxylic acids is 1. The Balaban J connectivity index is 1.42. The number of aromatic nitrogens is 3. The third-order valence-corrected chi connectivity index (χ3v) is 4.63. The van der Waals surface area contributed by atoms with E-state index in [0.29, 0.717) is 18.0 Å². The summed E-state index contributed by atoms with van der Waals surface area (Å²) in [5.41, 5.74) is 5.94. The highest BCUT2D eigenvalue weighted by molar-refractivity contribution is 9.10. The minimum atomic E-state index is -0.159. The second-order valence-electron chi connectivity index (χ2n) is 4.88. The molecule has 25 heavy (non-hydrogen) atoms. The normalized spacial score (nSPS) is 10.4. The lowest BCUT2D eigenvalue weighted by molar-refractivity contribution is -0.120. The largest absolute Gasteiger partial charge is 0.340 e. The van der Waals surface area contributed by atoms with E-state index in [-0.39, 0.29) is 11.9 Å². The minimum Gasteiger partial charge on any atom is -0.313 e. The van der Waals surface area contributed by atoms with Gasteiger partial charge in [0.05, 0.1) is 0 Å². The molecule has 0 aliphatic heterocycles. The number of hydrogen-bond donors (Lipinski definition) is 2. The lowest BCUT2D eigenvalue weighted by atomic mass is 10.3. The molecule has 2 N–H and O–H groups in total. The maximum absolute atomic E-state index is 11.8. The molecule has 2 heterocycles. The van der Waals surface area contributed by atoms with Gasteiger partial charge >= 0.3 is 6.01 Å². The Bertz CT molecular complexity index is 826. The third kappa shape index (κ3) is 5.30. The number of thioether (sulfide) groups is 1. The van der Waals surface area contributed by atoms with Gasteiger partial charge in [-0.15, -0.1) is 11.8 Å². The van der Waals surface area contributed by atoms with Crippen LogP contribution in [0.2, 0.25) is 0 Å². The molecule has 0 aliphatic rings. The van der Waals surface area contributed by atoms with Gasteiger partial charge < -0.3 is 4.52 Å². The zero-order valence-corrected chi connectivity index (χ0v) is 15.4. The summed E-state index contributed by atoms with van der Waals surface area (Å²) < 4.78 is 6.07. The molecule has 0 atom stereocenters. The second kappa shape index (κ2) is 8.63. The van der Waals surface area contributed by atoms with Gasteiger partial charge in [0.2, 0.25) is 11.7 Å². The molecule has 9 heteroatoms. The molecule has 0 bridgehead atoms. The first-order valence-corrected chi connectivity index (χ1v) is 9.16. The molecule has 2 aromatic heterocycles. The predicted octanol–water partition coefficient (Wildman–Crippen LogP) is 3.52. The maximum Gasteiger partial charge on any atom is 0.340 e. The van der Waals surface area contributed by atoms with Gasteiger partial charge in [0.25, 0.3) is 0 Å². The van der Waals surface area contributed by atoms with E-state index in [4.69, 9.17) is 4.52 Å². The zero-order valence-electron chi connectivity index (χ0n) is 13.0. The summed E-state index contributed by atoms with van der Waals surface area (Å²) in [6.45, 7) is 0. The lowest BCUT2D eigenvalue weighted by Crippen LogP contribution is -2.29. The van der Waals surface area contributed by atoms with E-state index in [0.717, 1.165) is 14.9 Å². The monoisotopic (exact) mass is 419 g/mol. The van der Waals surface area contributed by atoms with E-state index in [1.54, 1.807) is 36.3 Å². The van der Waals surface area contributed by atoms with Crippen molar-refractivity contribution in [3.8, 4) is 11.4 Å². The molecule has 0 radical (unpaired) electrons. The number of hydrazine groups is 1. The Hall–Kier alpha value is -2.39. The topological polar surface area (TPSA) is 92.9 Å². The van der Waals surface area contributed by atoms with Crippen molar-refractivity contribution in [2.24, 2.45) is 0 Å². The van der Waals surface area contributed by atoms with Gasteiger partial charge in [-0.05, 0) is 36.4 Å². The first kappa shape index (κ1) is 17.4. The van der Waals surface area contributed by atoms with Crippen LogP contribution in [0.3, 0.4) is 0 Å². The Morgan fingerprint density at radius 3 is 2.68 bits per heavy atom. The van der Waals surface area contributed by atoms with Crippen molar-refractivity contribution >= 4 is 39.6 Å². The summed E-state index contributed by atoms with van der Waals surface area (Å²) in [4.78, 5) is 21.0. The zero-order chi connectivity index (χ0) is 17.5. The lowest BCUT2D eigenvalue weighted by Gasteiger charge is -2.04. The Labute approximate surface area is 156 Å². The summed E-state index contributed by atoms with van der Waals surface area (Å²) in [6.07, 6.45) is 3.65. The summed E-state index contributed by atoms with van der Waals surface area (Å²) in [7, 11) is 0. The number of amides is 1. The Morgan fingerprint density at radius 1 is 1.16 bits per heavy atom. The fourth-order valence-electron chi connectivity index (χ4n) is 1.87. The quantitative estimate of drug-likeness (QED) is 0.446. The van der Waals surface area contributed by atoms with E-state index in [2.05, 4.69) is 41.9 Å². The Morgan fingerprint density at radius 2 is 1.92 bits per heavy atom. The summed E-state index contributed by atoms with van der Waals surface area (Å²) in [6, 6.07) is 11.6. The molecule has 1 amide bonds. The average molecular weight is 420 g/mol. The van der Waals surface area contributed by atoms with E-state index < -0.39 is 0 Å². The minimum absolute atomic E-state index is 0.126. The molecule has 1 aromatic carbocycles. The van der Waals surface area contributed by atoms with Gasteiger partial charge in [0, 0.05) is 39.5 Å². The highest BCUT2D eigenvalue weighted by Crippen LogP contribution is 2.21. The standard InChI is InChI=1S/C16H14BrN5O2S/c17-12-1-3-13(4-2-12)25-10-7-14(23)20-21-16-19-15(22-24-16)11-5-8-18-9-6-11/h1-6,8-9H,7,10H2,(H,20,23)(H,19,21,22). The number of halogens is 1. The summed E-state index contributed by atoms with van der Waals surface area (Å²) in [5, 5.41) is 3.84. The smallest absolute Gasteiger partial charge is 0.313 e. The first-order chi connectivity index (χ1) is 12.2. The number of carbonyl (C=O) groups is 1. The highest BCUT2D eigenvalue weighted by Gasteiger charge is 2.09. The fourth-order valence-corrected chi connectivity index (χ4v) is 2.99. The molecular formula is C16H14BrN5O2S. The van der Waals surface area contributed by atoms with Crippen LogP contribution in [-0.2, 0) is 4.79 Å². The van der Waals surface area contributed by atoms with Gasteiger partial charge in [0.1, 0.15) is 0 Å². The van der Waals surface area contributed by atoms with Gasteiger partial charge in [-0.2, -0.15) is 4.98 Å². The van der Waals surface area contributed by atoms with E-state index in [9.17, 15) is 4.79 Å². The van der Waals surface area contributed by atoms with Crippen molar-refractivity contribution in [1.29, 1.82) is 0 Å². The van der Waals surface area contributed by atoms with Crippen LogP contribution >= 0.6 is 27.7 Å². The van der Waals surface area contributed by atoms with Crippen molar-refractivity contribution in [3.05, 3.63) is 53.3 Å². The molecule has 3 aromatic rings. The molecule has 0 aliphatic carbocycles. The van der Waals surface area contributed by atoms with Crippen LogP contribution in [0.25, 0.3) is 11.4 Å². The summed E-state index contributed by atoms with van der Waals surface area (Å²) in [5.74, 6) is 0.930.